The zero-order chi connectivity index (χ0) is 14.9. The molecule has 1 heterocycles. The van der Waals surface area contributed by atoms with E-state index in [-0.39, 0.29) is 11.0 Å². The lowest BCUT2D eigenvalue weighted by molar-refractivity contribution is 0.0645. The van der Waals surface area contributed by atoms with E-state index in [1.807, 2.05) is 20.8 Å². The van der Waals surface area contributed by atoms with Crippen molar-refractivity contribution in [2.45, 2.75) is 39.7 Å². The average molecular weight is 344 g/mol. The van der Waals surface area contributed by atoms with Gasteiger partial charge in [-0.25, -0.2) is 0 Å². The Morgan fingerprint density at radius 3 is 1.84 bits per heavy atom. The smallest absolute Gasteiger partial charge is 0.370 e. The molecule has 0 bridgehead atoms. The van der Waals surface area contributed by atoms with Crippen molar-refractivity contribution in [3.05, 3.63) is 0 Å². The molecule has 12 heteroatoms. The van der Waals surface area contributed by atoms with Crippen LogP contribution in [0.5, 0.6) is 0 Å². The Morgan fingerprint density at radius 2 is 1.47 bits per heavy atom. The van der Waals surface area contributed by atoms with Gasteiger partial charge in [0.15, 0.2) is 0 Å². The molecule has 0 saturated carbocycles. The van der Waals surface area contributed by atoms with Crippen LogP contribution in [-0.2, 0) is 16.5 Å². The van der Waals surface area contributed by atoms with Gasteiger partial charge in [-0.2, -0.15) is 0 Å². The molecule has 0 aliphatic carbocycles. The van der Waals surface area contributed by atoms with Crippen LogP contribution in [0.1, 0.15) is 34.1 Å². The van der Waals surface area contributed by atoms with Crippen LogP contribution in [0, 0.1) is 5.41 Å². The minimum absolute atomic E-state index is 0.0418. The van der Waals surface area contributed by atoms with Gasteiger partial charge in [0.2, 0.25) is 0 Å². The summed E-state index contributed by atoms with van der Waals surface area (Å²) in [6.45, 7) is 7.82. The van der Waals surface area contributed by atoms with Crippen molar-refractivity contribution in [1.29, 1.82) is 0 Å². The predicted molar refractivity (Wildman–Crippen MR) is 69.7 cm³/mol. The molecule has 3 radical (unpaired) electrons. The van der Waals surface area contributed by atoms with E-state index in [0.717, 1.165) is 0 Å². The quantitative estimate of drug-likeness (QED) is 0.460. The Morgan fingerprint density at radius 1 is 1.05 bits per heavy atom. The molecule has 1 aliphatic rings. The SMILES string of the molecule is CC(CC(C)(C)C)[Si]1O[Si](O)(O)O[Si]O[Si](O)(O)O1. The number of hydrogen-bond donors (Lipinski definition) is 4. The predicted octanol–water partition coefficient (Wildman–Crippen LogP) is -1.24. The van der Waals surface area contributed by atoms with Crippen molar-refractivity contribution < 1.29 is 35.6 Å². The molecule has 19 heavy (non-hydrogen) atoms. The van der Waals surface area contributed by atoms with Crippen LogP contribution in [0.2, 0.25) is 5.54 Å². The van der Waals surface area contributed by atoms with E-state index in [4.69, 9.17) is 8.23 Å². The van der Waals surface area contributed by atoms with Gasteiger partial charge < -0.3 is 35.6 Å². The van der Waals surface area contributed by atoms with Gasteiger partial charge in [-0.3, -0.25) is 0 Å². The lowest BCUT2D eigenvalue weighted by Crippen LogP contribution is -2.60. The molecule has 0 aromatic heterocycles. The van der Waals surface area contributed by atoms with Crippen LogP contribution in [-0.4, -0.2) is 56.6 Å². The summed E-state index contributed by atoms with van der Waals surface area (Å²) in [7, 11) is -12.0. The molecular formula is C7H19O8Si4. The van der Waals surface area contributed by atoms with Crippen molar-refractivity contribution in [1.82, 2.24) is 0 Å². The second-order valence-corrected chi connectivity index (χ2v) is 12.8. The highest BCUT2D eigenvalue weighted by atomic mass is 28.5. The third kappa shape index (κ3) is 6.69. The Balaban J connectivity index is 2.79. The molecule has 1 fully saturated rings. The fourth-order valence-electron chi connectivity index (χ4n) is 1.66. The molecule has 111 valence electrons. The molecule has 0 amide bonds. The van der Waals surface area contributed by atoms with Crippen LogP contribution in [0.15, 0.2) is 0 Å². The number of hydrogen-bond acceptors (Lipinski definition) is 8. The Kier molecular flexibility index (Phi) is 5.67. The molecular weight excluding hydrogens is 324 g/mol. The van der Waals surface area contributed by atoms with E-state index < -0.39 is 37.4 Å². The summed E-state index contributed by atoms with van der Waals surface area (Å²) in [6.07, 6.45) is 0.651. The Hall–Kier alpha value is 0.548. The summed E-state index contributed by atoms with van der Waals surface area (Å²) in [6, 6.07) is 0. The topological polar surface area (TPSA) is 118 Å². The highest BCUT2D eigenvalue weighted by Crippen LogP contribution is 2.32. The van der Waals surface area contributed by atoms with Crippen LogP contribution >= 0.6 is 0 Å². The van der Waals surface area contributed by atoms with Gasteiger partial charge in [0.25, 0.3) is 0 Å². The lowest BCUT2D eigenvalue weighted by Gasteiger charge is -2.33. The van der Waals surface area contributed by atoms with Gasteiger partial charge in [0.05, 0.1) is 0 Å². The molecule has 1 atom stereocenters. The van der Waals surface area contributed by atoms with Crippen LogP contribution in [0.4, 0.5) is 0 Å². The van der Waals surface area contributed by atoms with Gasteiger partial charge in [-0.05, 0) is 11.8 Å². The molecule has 0 aromatic carbocycles. The van der Waals surface area contributed by atoms with Crippen LogP contribution in [0.25, 0.3) is 0 Å². The molecule has 0 aromatic rings. The van der Waals surface area contributed by atoms with E-state index in [0.29, 0.717) is 6.42 Å². The Bertz CT molecular complexity index is 288. The highest BCUT2D eigenvalue weighted by molar-refractivity contribution is 6.74. The minimum Gasteiger partial charge on any atom is -0.370 e. The Labute approximate surface area is 118 Å². The zero-order valence-electron chi connectivity index (χ0n) is 11.2. The van der Waals surface area contributed by atoms with E-state index in [2.05, 4.69) is 8.23 Å². The summed E-state index contributed by atoms with van der Waals surface area (Å²) in [5.41, 5.74) is -0.254. The van der Waals surface area contributed by atoms with Crippen molar-refractivity contribution in [3.63, 3.8) is 0 Å². The summed E-state index contributed by atoms with van der Waals surface area (Å²) >= 11 is 0. The standard InChI is InChI=1S/C7H19O8Si4/c1-6(5-7(2,3)4)17-14-18(8,9)12-16-13-19(10,11)15-17/h6,8-11H,5H2,1-4H3. The second-order valence-electron chi connectivity index (χ2n) is 5.57. The van der Waals surface area contributed by atoms with E-state index >= 15 is 0 Å². The monoisotopic (exact) mass is 343 g/mol. The molecule has 0 spiro atoms. The highest BCUT2D eigenvalue weighted by Gasteiger charge is 2.52. The summed E-state index contributed by atoms with van der Waals surface area (Å²) < 4.78 is 19.4. The van der Waals surface area contributed by atoms with Crippen LogP contribution < -0.4 is 0 Å². The molecule has 4 N–H and O–H groups in total. The largest absolute Gasteiger partial charge is 0.655 e. The molecule has 1 saturated heterocycles. The average Bonchev–Trinajstić information content (AvgIpc) is 2.10. The van der Waals surface area contributed by atoms with E-state index in [1.54, 1.807) is 6.92 Å². The first-order valence-corrected chi connectivity index (χ1v) is 11.3. The van der Waals surface area contributed by atoms with Gasteiger partial charge in [0.1, 0.15) is 0 Å². The van der Waals surface area contributed by atoms with Crippen LogP contribution in [0.3, 0.4) is 0 Å². The maximum absolute atomic E-state index is 9.54. The summed E-state index contributed by atoms with van der Waals surface area (Å²) in [4.78, 5) is 38.2. The summed E-state index contributed by atoms with van der Waals surface area (Å²) in [5, 5.41) is 0. The normalized spacial score (nSPS) is 26.5. The van der Waals surface area contributed by atoms with Crippen molar-refractivity contribution in [3.8, 4) is 0 Å². The molecule has 1 aliphatic heterocycles. The first-order valence-electron chi connectivity index (χ1n) is 5.66. The van der Waals surface area contributed by atoms with Gasteiger partial charge in [-0.15, -0.1) is 0 Å². The molecule has 1 rings (SSSR count). The zero-order valence-corrected chi connectivity index (χ0v) is 15.2. The van der Waals surface area contributed by atoms with Gasteiger partial charge >= 0.3 is 37.4 Å². The van der Waals surface area contributed by atoms with Gasteiger partial charge in [-0.1, -0.05) is 27.7 Å². The fraction of sp³-hybridized carbons (Fsp3) is 1.00. The fourth-order valence-corrected chi connectivity index (χ4v) is 9.18. The van der Waals surface area contributed by atoms with Crippen molar-refractivity contribution in [2.75, 3.05) is 0 Å². The van der Waals surface area contributed by atoms with E-state index in [9.17, 15) is 19.2 Å². The van der Waals surface area contributed by atoms with Crippen molar-refractivity contribution in [2.24, 2.45) is 5.41 Å². The minimum atomic E-state index is -4.33. The van der Waals surface area contributed by atoms with Gasteiger partial charge in [0, 0.05) is 5.54 Å². The molecule has 8 nitrogen and oxygen atoms in total. The maximum atomic E-state index is 9.54. The number of rotatable bonds is 2. The second kappa shape index (κ2) is 6.12. The first kappa shape index (κ1) is 17.6. The third-order valence-electron chi connectivity index (χ3n) is 2.14. The molecule has 1 unspecified atom stereocenters. The maximum Gasteiger partial charge on any atom is 0.655 e. The van der Waals surface area contributed by atoms with Crippen molar-refractivity contribution >= 4 is 37.4 Å². The van der Waals surface area contributed by atoms with E-state index in [1.165, 1.54) is 0 Å². The third-order valence-corrected chi connectivity index (χ3v) is 9.68. The summed E-state index contributed by atoms with van der Waals surface area (Å²) in [5.74, 6) is 0. The lowest BCUT2D eigenvalue weighted by atomic mass is 9.91. The first-order chi connectivity index (χ1) is 8.40.